The number of allylic oxidation sites excluding steroid dienone is 1. The van der Waals surface area contributed by atoms with E-state index in [1.807, 2.05) is 33.8 Å². The van der Waals surface area contributed by atoms with Crippen LogP contribution in [0.5, 0.6) is 0 Å². The average Bonchev–Trinajstić information content (AvgIpc) is 3.25. The molecule has 1 fully saturated rings. The number of alkyl carbamates (subject to hydrolysis) is 1. The van der Waals surface area contributed by atoms with Crippen molar-refractivity contribution in [3.8, 4) is 0 Å². The standard InChI is InChI=1S/C19H27NO4S/c1-13(20-18(21)24-19(2,3)4)17-11-10-16(25(5,22)23)12-15(17)9-8-14-6-7-14/h8-14H,6-7H2,1-5H3,(H,20,21)/b9-8+. The molecule has 1 amide bonds. The molecule has 1 unspecified atom stereocenters. The molecule has 0 radical (unpaired) electrons. The number of nitrogens with one attached hydrogen (secondary N) is 1. The third-order valence-electron chi connectivity index (χ3n) is 3.86. The Hall–Kier alpha value is -1.82. The van der Waals surface area contributed by atoms with Crippen LogP contribution in [0.25, 0.3) is 6.08 Å². The summed E-state index contributed by atoms with van der Waals surface area (Å²) in [5, 5.41) is 2.81. The van der Waals surface area contributed by atoms with Crippen molar-refractivity contribution in [3.63, 3.8) is 0 Å². The number of hydrogen-bond donors (Lipinski definition) is 1. The molecule has 5 nitrogen and oxygen atoms in total. The van der Waals surface area contributed by atoms with Crippen LogP contribution in [0.4, 0.5) is 4.79 Å². The normalized spacial score (nSPS) is 16.7. The first-order valence-electron chi connectivity index (χ1n) is 8.47. The van der Waals surface area contributed by atoms with Crippen LogP contribution in [0.2, 0.25) is 0 Å². The van der Waals surface area contributed by atoms with Crippen molar-refractivity contribution in [1.29, 1.82) is 0 Å². The number of hydrogen-bond acceptors (Lipinski definition) is 4. The van der Waals surface area contributed by atoms with Crippen LogP contribution in [0.3, 0.4) is 0 Å². The minimum atomic E-state index is -3.28. The first-order chi connectivity index (χ1) is 11.5. The molecule has 0 bridgehead atoms. The van der Waals surface area contributed by atoms with E-state index in [2.05, 4.69) is 11.4 Å². The quantitative estimate of drug-likeness (QED) is 0.853. The van der Waals surface area contributed by atoms with Crippen molar-refractivity contribution in [2.45, 2.75) is 57.1 Å². The van der Waals surface area contributed by atoms with Crippen LogP contribution < -0.4 is 5.32 Å². The van der Waals surface area contributed by atoms with Gasteiger partial charge in [-0.1, -0.05) is 18.2 Å². The van der Waals surface area contributed by atoms with Crippen molar-refractivity contribution in [3.05, 3.63) is 35.4 Å². The molecule has 1 aliphatic rings. The SMILES string of the molecule is CC(NC(=O)OC(C)(C)C)c1ccc(S(C)(=O)=O)cc1/C=C/C1CC1. The minimum absolute atomic E-state index is 0.274. The third kappa shape index (κ3) is 6.20. The minimum Gasteiger partial charge on any atom is -0.444 e. The number of rotatable bonds is 5. The van der Waals surface area contributed by atoms with Gasteiger partial charge < -0.3 is 10.1 Å². The van der Waals surface area contributed by atoms with Crippen molar-refractivity contribution in [1.82, 2.24) is 5.32 Å². The maximum absolute atomic E-state index is 12.0. The number of benzene rings is 1. The van der Waals surface area contributed by atoms with E-state index >= 15 is 0 Å². The summed E-state index contributed by atoms with van der Waals surface area (Å²) in [4.78, 5) is 12.3. The zero-order valence-corrected chi connectivity index (χ0v) is 16.3. The maximum atomic E-state index is 12.0. The Morgan fingerprint density at radius 2 is 1.96 bits per heavy atom. The molecule has 1 N–H and O–H groups in total. The molecular weight excluding hydrogens is 338 g/mol. The van der Waals surface area contributed by atoms with Gasteiger partial charge in [-0.15, -0.1) is 0 Å². The molecule has 0 aromatic heterocycles. The van der Waals surface area contributed by atoms with Gasteiger partial charge in [0.05, 0.1) is 10.9 Å². The lowest BCUT2D eigenvalue weighted by atomic mass is 10.0. The van der Waals surface area contributed by atoms with E-state index in [9.17, 15) is 13.2 Å². The second kappa shape index (κ2) is 7.20. The second-order valence-electron chi connectivity index (χ2n) is 7.63. The van der Waals surface area contributed by atoms with Gasteiger partial charge in [0.15, 0.2) is 9.84 Å². The predicted molar refractivity (Wildman–Crippen MR) is 99.1 cm³/mol. The molecule has 1 aliphatic carbocycles. The van der Waals surface area contributed by atoms with E-state index in [4.69, 9.17) is 4.74 Å². The lowest BCUT2D eigenvalue weighted by Gasteiger charge is -2.23. The van der Waals surface area contributed by atoms with Gasteiger partial charge in [-0.25, -0.2) is 13.2 Å². The lowest BCUT2D eigenvalue weighted by Crippen LogP contribution is -2.34. The smallest absolute Gasteiger partial charge is 0.408 e. The van der Waals surface area contributed by atoms with Crippen LogP contribution in [0.1, 0.15) is 57.7 Å². The molecule has 1 aromatic rings. The van der Waals surface area contributed by atoms with Crippen LogP contribution >= 0.6 is 0 Å². The van der Waals surface area contributed by atoms with Crippen LogP contribution in [0, 0.1) is 5.92 Å². The van der Waals surface area contributed by atoms with Gasteiger partial charge in [-0.05, 0) is 69.7 Å². The van der Waals surface area contributed by atoms with E-state index < -0.39 is 21.5 Å². The van der Waals surface area contributed by atoms with Crippen LogP contribution in [-0.4, -0.2) is 26.4 Å². The molecule has 1 saturated carbocycles. The van der Waals surface area contributed by atoms with Crippen LogP contribution in [-0.2, 0) is 14.6 Å². The number of amides is 1. The van der Waals surface area contributed by atoms with E-state index in [-0.39, 0.29) is 10.9 Å². The van der Waals surface area contributed by atoms with Gasteiger partial charge >= 0.3 is 6.09 Å². The monoisotopic (exact) mass is 365 g/mol. The van der Waals surface area contributed by atoms with Gasteiger partial charge in [-0.2, -0.15) is 0 Å². The molecule has 25 heavy (non-hydrogen) atoms. The Labute approximate surface area is 150 Å². The fraction of sp³-hybridized carbons (Fsp3) is 0.526. The largest absolute Gasteiger partial charge is 0.444 e. The molecule has 2 rings (SSSR count). The van der Waals surface area contributed by atoms with E-state index in [0.29, 0.717) is 5.92 Å². The van der Waals surface area contributed by atoms with Gasteiger partial charge in [0.25, 0.3) is 0 Å². The first-order valence-corrected chi connectivity index (χ1v) is 10.4. The molecular formula is C19H27NO4S. The maximum Gasteiger partial charge on any atom is 0.408 e. The molecule has 1 atom stereocenters. The number of carbonyl (C=O) groups excluding carboxylic acids is 1. The predicted octanol–water partition coefficient (Wildman–Crippen LogP) is 4.10. The Kier molecular flexibility index (Phi) is 5.62. The van der Waals surface area contributed by atoms with Crippen LogP contribution in [0.15, 0.2) is 29.2 Å². The number of carbonyl (C=O) groups is 1. The summed E-state index contributed by atoms with van der Waals surface area (Å²) >= 11 is 0. The summed E-state index contributed by atoms with van der Waals surface area (Å²) < 4.78 is 29.0. The van der Waals surface area contributed by atoms with E-state index in [1.165, 1.54) is 19.1 Å². The van der Waals surface area contributed by atoms with Gasteiger partial charge in [-0.3, -0.25) is 0 Å². The number of ether oxygens (including phenoxy) is 1. The second-order valence-corrected chi connectivity index (χ2v) is 9.64. The fourth-order valence-electron chi connectivity index (χ4n) is 2.41. The summed E-state index contributed by atoms with van der Waals surface area (Å²) in [5.74, 6) is 0.573. The van der Waals surface area contributed by atoms with Crippen molar-refractivity contribution in [2.75, 3.05) is 6.26 Å². The molecule has 0 heterocycles. The molecule has 0 aliphatic heterocycles. The highest BCUT2D eigenvalue weighted by Crippen LogP contribution is 2.32. The molecule has 138 valence electrons. The van der Waals surface area contributed by atoms with Gasteiger partial charge in [0.2, 0.25) is 0 Å². The number of sulfone groups is 1. The van der Waals surface area contributed by atoms with Crippen molar-refractivity contribution >= 4 is 22.0 Å². The van der Waals surface area contributed by atoms with Crippen molar-refractivity contribution < 1.29 is 17.9 Å². The fourth-order valence-corrected chi connectivity index (χ4v) is 3.07. The first kappa shape index (κ1) is 19.5. The summed E-state index contributed by atoms with van der Waals surface area (Å²) in [6.45, 7) is 7.28. The highest BCUT2D eigenvalue weighted by Gasteiger charge is 2.21. The average molecular weight is 365 g/mol. The molecule has 0 spiro atoms. The zero-order valence-electron chi connectivity index (χ0n) is 15.5. The summed E-state index contributed by atoms with van der Waals surface area (Å²) in [7, 11) is -3.28. The Morgan fingerprint density at radius 1 is 1.32 bits per heavy atom. The summed E-state index contributed by atoms with van der Waals surface area (Å²) in [5.41, 5.74) is 1.09. The highest BCUT2D eigenvalue weighted by molar-refractivity contribution is 7.90. The topological polar surface area (TPSA) is 72.5 Å². The Morgan fingerprint density at radius 3 is 2.48 bits per heavy atom. The molecule has 0 saturated heterocycles. The van der Waals surface area contributed by atoms with Gasteiger partial charge in [0.1, 0.15) is 5.60 Å². The molecule has 1 aromatic carbocycles. The highest BCUT2D eigenvalue weighted by atomic mass is 32.2. The van der Waals surface area contributed by atoms with Gasteiger partial charge in [0, 0.05) is 6.26 Å². The van der Waals surface area contributed by atoms with E-state index in [1.54, 1.807) is 18.2 Å². The molecule has 6 heteroatoms. The third-order valence-corrected chi connectivity index (χ3v) is 4.97. The lowest BCUT2D eigenvalue weighted by molar-refractivity contribution is 0.0508. The Balaban J connectivity index is 2.26. The zero-order chi connectivity index (χ0) is 18.8. The van der Waals surface area contributed by atoms with E-state index in [0.717, 1.165) is 11.1 Å². The summed E-state index contributed by atoms with van der Waals surface area (Å²) in [6.07, 6.45) is 7.09. The van der Waals surface area contributed by atoms with Crippen molar-refractivity contribution in [2.24, 2.45) is 5.92 Å². The Bertz CT molecular complexity index is 771. The summed E-state index contributed by atoms with van der Waals surface area (Å²) in [6, 6.07) is 4.69.